The average molecular weight is 374 g/mol. The van der Waals surface area contributed by atoms with E-state index in [2.05, 4.69) is 5.32 Å². The van der Waals surface area contributed by atoms with E-state index in [1.54, 1.807) is 38.1 Å². The predicted molar refractivity (Wildman–Crippen MR) is 93.2 cm³/mol. The molecule has 1 aliphatic heterocycles. The third kappa shape index (κ3) is 3.93. The molecule has 0 unspecified atom stereocenters. The Labute approximate surface area is 157 Å². The van der Waals surface area contributed by atoms with Crippen molar-refractivity contribution in [3.05, 3.63) is 35.4 Å². The predicted octanol–water partition coefficient (Wildman–Crippen LogP) is 1.25. The maximum absolute atomic E-state index is 12.6. The van der Waals surface area contributed by atoms with Crippen LogP contribution < -0.4 is 5.32 Å². The Morgan fingerprint density at radius 2 is 1.70 bits per heavy atom. The van der Waals surface area contributed by atoms with Gasteiger partial charge in [-0.15, -0.1) is 0 Å². The van der Waals surface area contributed by atoms with Crippen LogP contribution in [0.1, 0.15) is 37.4 Å². The lowest BCUT2D eigenvalue weighted by Crippen LogP contribution is -2.56. The van der Waals surface area contributed by atoms with Crippen LogP contribution in [-0.2, 0) is 28.6 Å². The van der Waals surface area contributed by atoms with Crippen LogP contribution in [0, 0.1) is 17.2 Å². The van der Waals surface area contributed by atoms with Crippen LogP contribution in [0.3, 0.4) is 0 Å². The van der Waals surface area contributed by atoms with Gasteiger partial charge < -0.3 is 14.2 Å². The van der Waals surface area contributed by atoms with Crippen molar-refractivity contribution in [3.63, 3.8) is 0 Å². The van der Waals surface area contributed by atoms with E-state index in [-0.39, 0.29) is 19.6 Å². The second kappa shape index (κ2) is 8.64. The summed E-state index contributed by atoms with van der Waals surface area (Å²) in [6.45, 7) is 3.40. The molecule has 1 aromatic rings. The summed E-state index contributed by atoms with van der Waals surface area (Å²) >= 11 is 0. The van der Waals surface area contributed by atoms with Crippen molar-refractivity contribution >= 4 is 17.9 Å². The first kappa shape index (κ1) is 20.4. The fraction of sp³-hybridized carbons (Fsp3) is 0.474. The molecule has 1 fully saturated rings. The van der Waals surface area contributed by atoms with Crippen LogP contribution in [0.15, 0.2) is 24.3 Å². The van der Waals surface area contributed by atoms with Crippen LogP contribution in [0.4, 0.5) is 0 Å². The number of carbonyl (C=O) groups is 3. The molecule has 27 heavy (non-hydrogen) atoms. The highest BCUT2D eigenvalue weighted by atomic mass is 16.6. The van der Waals surface area contributed by atoms with Gasteiger partial charge in [0.05, 0.1) is 37.9 Å². The molecule has 2 rings (SSSR count). The summed E-state index contributed by atoms with van der Waals surface area (Å²) in [6, 6.07) is 7.86. The van der Waals surface area contributed by atoms with E-state index in [0.29, 0.717) is 11.1 Å². The summed E-state index contributed by atoms with van der Waals surface area (Å²) in [5.41, 5.74) is -0.711. The molecule has 1 saturated heterocycles. The van der Waals surface area contributed by atoms with Crippen molar-refractivity contribution in [1.29, 1.82) is 5.26 Å². The van der Waals surface area contributed by atoms with Gasteiger partial charge in [-0.25, -0.2) is 9.59 Å². The van der Waals surface area contributed by atoms with Crippen LogP contribution >= 0.6 is 0 Å². The number of hydrogen-bond acceptors (Lipinski definition) is 8. The molecule has 0 aromatic heterocycles. The van der Waals surface area contributed by atoms with Gasteiger partial charge in [0.2, 0.25) is 5.54 Å². The Balaban J connectivity index is 2.48. The van der Waals surface area contributed by atoms with Crippen LogP contribution in [0.2, 0.25) is 0 Å². The zero-order valence-corrected chi connectivity index (χ0v) is 15.5. The number of ether oxygens (including phenoxy) is 3. The Bertz CT molecular complexity index is 734. The molecule has 0 radical (unpaired) electrons. The lowest BCUT2D eigenvalue weighted by molar-refractivity contribution is -0.165. The summed E-state index contributed by atoms with van der Waals surface area (Å²) in [5, 5.41) is 11.9. The van der Waals surface area contributed by atoms with Gasteiger partial charge in [0.15, 0.2) is 0 Å². The SMILES string of the molecule is CCOC(=O)C1(C(=O)OCC)C[C@@H](C(=O)OC)[C@@H](c2ccc(C#N)cc2)N1. The minimum Gasteiger partial charge on any atom is -0.469 e. The third-order valence-electron chi connectivity index (χ3n) is 4.48. The number of rotatable bonds is 6. The first-order valence-electron chi connectivity index (χ1n) is 8.63. The van der Waals surface area contributed by atoms with E-state index < -0.39 is 35.4 Å². The number of nitrogens with one attached hydrogen (secondary N) is 1. The zero-order valence-electron chi connectivity index (χ0n) is 15.5. The molecule has 1 N–H and O–H groups in total. The van der Waals surface area contributed by atoms with Crippen molar-refractivity contribution in [2.75, 3.05) is 20.3 Å². The summed E-state index contributed by atoms with van der Waals surface area (Å²) in [5.74, 6) is -2.97. The molecule has 0 saturated carbocycles. The lowest BCUT2D eigenvalue weighted by Gasteiger charge is -2.25. The van der Waals surface area contributed by atoms with Gasteiger partial charge in [0.1, 0.15) is 0 Å². The van der Waals surface area contributed by atoms with E-state index in [4.69, 9.17) is 19.5 Å². The van der Waals surface area contributed by atoms with Gasteiger partial charge in [0, 0.05) is 12.5 Å². The maximum atomic E-state index is 12.6. The molecule has 0 spiro atoms. The van der Waals surface area contributed by atoms with Crippen molar-refractivity contribution in [1.82, 2.24) is 5.32 Å². The monoisotopic (exact) mass is 374 g/mol. The molecule has 0 bridgehead atoms. The van der Waals surface area contributed by atoms with E-state index in [1.807, 2.05) is 6.07 Å². The van der Waals surface area contributed by atoms with Gasteiger partial charge in [-0.2, -0.15) is 5.26 Å². The summed E-state index contributed by atoms with van der Waals surface area (Å²) in [4.78, 5) is 37.6. The van der Waals surface area contributed by atoms with Gasteiger partial charge >= 0.3 is 17.9 Å². The Morgan fingerprint density at radius 3 is 2.15 bits per heavy atom. The maximum Gasteiger partial charge on any atom is 0.338 e. The molecule has 2 atom stereocenters. The first-order chi connectivity index (χ1) is 12.9. The molecule has 1 aromatic carbocycles. The minimum absolute atomic E-state index is 0.0755. The van der Waals surface area contributed by atoms with Crippen molar-refractivity contribution in [3.8, 4) is 6.07 Å². The molecule has 1 heterocycles. The zero-order chi connectivity index (χ0) is 20.0. The second-order valence-electron chi connectivity index (χ2n) is 6.04. The summed E-state index contributed by atoms with van der Waals surface area (Å²) in [6.07, 6.45) is -0.151. The van der Waals surface area contributed by atoms with E-state index in [0.717, 1.165) is 0 Å². The molecule has 144 valence electrons. The molecular formula is C19H22N2O6. The van der Waals surface area contributed by atoms with Crippen LogP contribution in [0.25, 0.3) is 0 Å². The molecule has 8 nitrogen and oxygen atoms in total. The fourth-order valence-electron chi connectivity index (χ4n) is 3.20. The Hall–Kier alpha value is -2.92. The number of nitrogens with zero attached hydrogens (tertiary/aromatic N) is 1. The molecule has 1 aliphatic rings. The van der Waals surface area contributed by atoms with Crippen molar-refractivity contribution in [2.45, 2.75) is 31.8 Å². The first-order valence-corrected chi connectivity index (χ1v) is 8.63. The number of carbonyl (C=O) groups excluding carboxylic acids is 3. The number of hydrogen-bond donors (Lipinski definition) is 1. The van der Waals surface area contributed by atoms with Crippen LogP contribution in [-0.4, -0.2) is 43.8 Å². The molecular weight excluding hydrogens is 352 g/mol. The van der Waals surface area contributed by atoms with Crippen molar-refractivity contribution in [2.24, 2.45) is 5.92 Å². The largest absolute Gasteiger partial charge is 0.469 e. The summed E-state index contributed by atoms with van der Waals surface area (Å²) in [7, 11) is 1.24. The molecule has 0 aliphatic carbocycles. The molecule has 0 amide bonds. The highest BCUT2D eigenvalue weighted by molar-refractivity contribution is 6.06. The summed E-state index contributed by atoms with van der Waals surface area (Å²) < 4.78 is 15.0. The Morgan fingerprint density at radius 1 is 1.15 bits per heavy atom. The topological polar surface area (TPSA) is 115 Å². The van der Waals surface area contributed by atoms with E-state index >= 15 is 0 Å². The lowest BCUT2D eigenvalue weighted by atomic mass is 9.89. The van der Waals surface area contributed by atoms with E-state index in [9.17, 15) is 14.4 Å². The van der Waals surface area contributed by atoms with Gasteiger partial charge in [-0.05, 0) is 31.5 Å². The van der Waals surface area contributed by atoms with Gasteiger partial charge in [0.25, 0.3) is 0 Å². The highest BCUT2D eigenvalue weighted by Gasteiger charge is 2.59. The normalized spacial score (nSPS) is 20.4. The smallest absolute Gasteiger partial charge is 0.338 e. The Kier molecular flexibility index (Phi) is 6.53. The standard InChI is InChI=1S/C19H22N2O6/c1-4-26-17(23)19(18(24)27-5-2)10-14(16(22)25-3)15(21-19)13-8-6-12(11-20)7-9-13/h6-9,14-15,21H,4-5,10H2,1-3H3/t14-,15-/m1/s1. The van der Waals surface area contributed by atoms with Crippen LogP contribution in [0.5, 0.6) is 0 Å². The second-order valence-corrected chi connectivity index (χ2v) is 6.04. The van der Waals surface area contributed by atoms with E-state index in [1.165, 1.54) is 7.11 Å². The number of methoxy groups -OCH3 is 1. The fourth-order valence-corrected chi connectivity index (χ4v) is 3.20. The quantitative estimate of drug-likeness (QED) is 0.449. The minimum atomic E-state index is -1.80. The van der Waals surface area contributed by atoms with Gasteiger partial charge in [-0.3, -0.25) is 10.1 Å². The number of benzene rings is 1. The van der Waals surface area contributed by atoms with Crippen molar-refractivity contribution < 1.29 is 28.6 Å². The third-order valence-corrected chi connectivity index (χ3v) is 4.48. The molecule has 8 heteroatoms. The van der Waals surface area contributed by atoms with Gasteiger partial charge in [-0.1, -0.05) is 12.1 Å². The number of nitriles is 1. The highest BCUT2D eigenvalue weighted by Crippen LogP contribution is 2.40. The average Bonchev–Trinajstić information content (AvgIpc) is 3.10. The number of esters is 3.